The molecular weight excluding hydrogens is 396 g/mol. The molecule has 0 saturated heterocycles. The number of ether oxygens (including phenoxy) is 1. The van der Waals surface area contributed by atoms with Crippen LogP contribution in [0.5, 0.6) is 5.75 Å². The van der Waals surface area contributed by atoms with E-state index in [0.717, 1.165) is 34.9 Å². The lowest BCUT2D eigenvalue weighted by Crippen LogP contribution is -2.44. The number of hydrogen-bond acceptors (Lipinski definition) is 6. The van der Waals surface area contributed by atoms with Crippen LogP contribution in [0, 0.1) is 0 Å². The van der Waals surface area contributed by atoms with E-state index in [1.165, 1.54) is 17.6 Å². The number of carbonyl (C=O) groups is 1. The van der Waals surface area contributed by atoms with Gasteiger partial charge in [-0.15, -0.1) is 11.3 Å². The highest BCUT2D eigenvalue weighted by Crippen LogP contribution is 2.31. The van der Waals surface area contributed by atoms with Gasteiger partial charge in [-0.2, -0.15) is 0 Å². The fourth-order valence-electron chi connectivity index (χ4n) is 3.31. The molecule has 1 amide bonds. The predicted octanol–water partition coefficient (Wildman–Crippen LogP) is 3.18. The van der Waals surface area contributed by atoms with E-state index in [-0.39, 0.29) is 30.2 Å². The van der Waals surface area contributed by atoms with Crippen LogP contribution in [-0.2, 0) is 21.1 Å². The van der Waals surface area contributed by atoms with Gasteiger partial charge in [-0.05, 0) is 51.0 Å². The maximum absolute atomic E-state index is 12.9. The van der Waals surface area contributed by atoms with Gasteiger partial charge in [0.1, 0.15) is 20.6 Å². The molecule has 0 radical (unpaired) electrons. The number of benzene rings is 1. The Labute approximate surface area is 170 Å². The largest absolute Gasteiger partial charge is 0.494 e. The fraction of sp³-hybridized carbons (Fsp3) is 0.500. The number of nitrogens with zero attached hydrogens (tertiary/aromatic N) is 2. The van der Waals surface area contributed by atoms with E-state index < -0.39 is 9.84 Å². The van der Waals surface area contributed by atoms with Crippen molar-refractivity contribution < 1.29 is 17.9 Å². The summed E-state index contributed by atoms with van der Waals surface area (Å²) in [6.07, 6.45) is 3.28. The molecule has 2 aromatic rings. The normalized spacial score (nSPS) is 15.2. The average Bonchev–Trinajstić information content (AvgIpc) is 3.32. The Morgan fingerprint density at radius 1 is 1.32 bits per heavy atom. The minimum atomic E-state index is -3.14. The molecule has 1 fully saturated rings. The molecular formula is C20H26N2O4S2. The highest BCUT2D eigenvalue weighted by atomic mass is 32.2. The molecule has 0 N–H and O–H groups in total. The molecule has 6 nitrogen and oxygen atoms in total. The molecule has 1 saturated carbocycles. The lowest BCUT2D eigenvalue weighted by molar-refractivity contribution is -0.132. The molecule has 1 aromatic heterocycles. The Morgan fingerprint density at radius 3 is 2.57 bits per heavy atom. The van der Waals surface area contributed by atoms with Crippen molar-refractivity contribution in [3.05, 3.63) is 35.3 Å². The molecule has 0 aliphatic heterocycles. The van der Waals surface area contributed by atoms with E-state index in [2.05, 4.69) is 4.98 Å². The first-order chi connectivity index (χ1) is 13.3. The molecule has 1 unspecified atom stereocenters. The second-order valence-electron chi connectivity index (χ2n) is 7.25. The minimum Gasteiger partial charge on any atom is -0.494 e. The topological polar surface area (TPSA) is 76.6 Å². The van der Waals surface area contributed by atoms with Crippen LogP contribution >= 0.6 is 11.3 Å². The second kappa shape index (κ2) is 8.61. The summed E-state index contributed by atoms with van der Waals surface area (Å²) in [6.45, 7) is 4.38. The first-order valence-electron chi connectivity index (χ1n) is 9.43. The van der Waals surface area contributed by atoms with Crippen molar-refractivity contribution in [1.29, 1.82) is 0 Å². The summed E-state index contributed by atoms with van der Waals surface area (Å²) in [7, 11) is -3.14. The SMILES string of the molecule is CCOc1ccc(-c2nc(CC(=O)N(C(C)CS(C)(=O)=O)C3CC3)cs2)cc1. The number of carbonyl (C=O) groups excluding carboxylic acids is 1. The van der Waals surface area contributed by atoms with E-state index in [4.69, 9.17) is 4.74 Å². The van der Waals surface area contributed by atoms with Crippen LogP contribution in [0.15, 0.2) is 29.6 Å². The number of sulfone groups is 1. The summed E-state index contributed by atoms with van der Waals surface area (Å²) < 4.78 is 28.7. The Kier molecular flexibility index (Phi) is 6.40. The second-order valence-corrected chi connectivity index (χ2v) is 10.3. The van der Waals surface area contributed by atoms with Gasteiger partial charge in [0.25, 0.3) is 0 Å². The zero-order valence-corrected chi connectivity index (χ0v) is 18.1. The molecule has 28 heavy (non-hydrogen) atoms. The Hall–Kier alpha value is -1.93. The minimum absolute atomic E-state index is 0.0102. The molecule has 0 bridgehead atoms. The van der Waals surface area contributed by atoms with E-state index in [1.54, 1.807) is 4.90 Å². The van der Waals surface area contributed by atoms with E-state index in [0.29, 0.717) is 6.61 Å². The first-order valence-corrected chi connectivity index (χ1v) is 12.4. The fourth-order valence-corrected chi connectivity index (χ4v) is 5.17. The maximum atomic E-state index is 12.9. The molecule has 0 spiro atoms. The van der Waals surface area contributed by atoms with Crippen LogP contribution < -0.4 is 4.74 Å². The predicted molar refractivity (Wildman–Crippen MR) is 111 cm³/mol. The summed E-state index contributed by atoms with van der Waals surface area (Å²) in [5.74, 6) is 0.754. The summed E-state index contributed by atoms with van der Waals surface area (Å²) in [5, 5.41) is 2.75. The Morgan fingerprint density at radius 2 is 2.00 bits per heavy atom. The van der Waals surface area contributed by atoms with Gasteiger partial charge in [0, 0.05) is 29.3 Å². The Balaban J connectivity index is 1.68. The number of amides is 1. The average molecular weight is 423 g/mol. The Bertz CT molecular complexity index is 918. The maximum Gasteiger partial charge on any atom is 0.229 e. The third-order valence-corrected chi connectivity index (χ3v) is 6.57. The van der Waals surface area contributed by atoms with Crippen LogP contribution in [0.25, 0.3) is 10.6 Å². The molecule has 1 aliphatic rings. The van der Waals surface area contributed by atoms with Crippen LogP contribution in [-0.4, -0.2) is 54.9 Å². The highest BCUT2D eigenvalue weighted by molar-refractivity contribution is 7.90. The van der Waals surface area contributed by atoms with Gasteiger partial charge in [0.15, 0.2) is 0 Å². The summed E-state index contributed by atoms with van der Waals surface area (Å²) >= 11 is 1.50. The molecule has 1 heterocycles. The van der Waals surface area contributed by atoms with Gasteiger partial charge < -0.3 is 9.64 Å². The third-order valence-electron chi connectivity index (χ3n) is 4.54. The lowest BCUT2D eigenvalue weighted by atomic mass is 10.2. The van der Waals surface area contributed by atoms with Gasteiger partial charge in [-0.3, -0.25) is 4.79 Å². The van der Waals surface area contributed by atoms with E-state index >= 15 is 0 Å². The van der Waals surface area contributed by atoms with Crippen molar-refractivity contribution in [2.24, 2.45) is 0 Å². The summed E-state index contributed by atoms with van der Waals surface area (Å²) in [4.78, 5) is 19.2. The van der Waals surface area contributed by atoms with Crippen LogP contribution in [0.4, 0.5) is 0 Å². The smallest absolute Gasteiger partial charge is 0.229 e. The molecule has 8 heteroatoms. The number of rotatable bonds is 9. The van der Waals surface area contributed by atoms with Gasteiger partial charge >= 0.3 is 0 Å². The van der Waals surface area contributed by atoms with Gasteiger partial charge in [-0.1, -0.05) is 0 Å². The molecule has 3 rings (SSSR count). The summed E-state index contributed by atoms with van der Waals surface area (Å²) in [6, 6.07) is 7.58. The third kappa shape index (κ3) is 5.54. The first kappa shape index (κ1) is 20.8. The standard InChI is InChI=1S/C20H26N2O4S2/c1-4-26-18-9-5-15(6-10-18)20-21-16(12-27-20)11-19(23)22(17-7-8-17)14(2)13-28(3,24)25/h5-6,9-10,12,14,17H,4,7-8,11,13H2,1-3H3. The zero-order chi connectivity index (χ0) is 20.3. The van der Waals surface area contributed by atoms with Crippen molar-refractivity contribution in [1.82, 2.24) is 9.88 Å². The van der Waals surface area contributed by atoms with Crippen molar-refractivity contribution in [2.45, 2.75) is 45.2 Å². The zero-order valence-electron chi connectivity index (χ0n) is 16.4. The van der Waals surface area contributed by atoms with E-state index in [9.17, 15) is 13.2 Å². The lowest BCUT2D eigenvalue weighted by Gasteiger charge is -2.28. The van der Waals surface area contributed by atoms with Gasteiger partial charge in [0.2, 0.25) is 5.91 Å². The van der Waals surface area contributed by atoms with Crippen LogP contribution in [0.1, 0.15) is 32.4 Å². The quantitative estimate of drug-likeness (QED) is 0.620. The van der Waals surface area contributed by atoms with E-state index in [1.807, 2.05) is 43.5 Å². The molecule has 152 valence electrons. The number of thiazole rings is 1. The van der Waals surface area contributed by atoms with Crippen molar-refractivity contribution in [3.63, 3.8) is 0 Å². The monoisotopic (exact) mass is 422 g/mol. The highest BCUT2D eigenvalue weighted by Gasteiger charge is 2.36. The van der Waals surface area contributed by atoms with Gasteiger partial charge in [-0.25, -0.2) is 13.4 Å². The van der Waals surface area contributed by atoms with Crippen molar-refractivity contribution in [3.8, 4) is 16.3 Å². The molecule has 1 aliphatic carbocycles. The number of aromatic nitrogens is 1. The number of hydrogen-bond donors (Lipinski definition) is 0. The van der Waals surface area contributed by atoms with Crippen molar-refractivity contribution >= 4 is 27.1 Å². The van der Waals surface area contributed by atoms with Crippen molar-refractivity contribution in [2.75, 3.05) is 18.6 Å². The molecule has 1 atom stereocenters. The van der Waals surface area contributed by atoms with Gasteiger partial charge in [0.05, 0.1) is 24.5 Å². The van der Waals surface area contributed by atoms with Crippen LogP contribution in [0.2, 0.25) is 0 Å². The molecule has 1 aromatic carbocycles. The summed E-state index contributed by atoms with van der Waals surface area (Å²) in [5.41, 5.74) is 1.70. The van der Waals surface area contributed by atoms with Crippen LogP contribution in [0.3, 0.4) is 0 Å².